The number of nitrogens with zero attached hydrogens (tertiary/aromatic N) is 2. The molecule has 2 heterocycles. The highest BCUT2D eigenvalue weighted by molar-refractivity contribution is 7.26. The molecule has 0 spiro atoms. The Bertz CT molecular complexity index is 1200. The fourth-order valence-electron chi connectivity index (χ4n) is 3.93. The van der Waals surface area contributed by atoms with Gasteiger partial charge in [-0.25, -0.2) is 8.96 Å². The van der Waals surface area contributed by atoms with Crippen LogP contribution in [0.5, 0.6) is 0 Å². The summed E-state index contributed by atoms with van der Waals surface area (Å²) in [7, 11) is 2.03. The Kier molecular flexibility index (Phi) is 4.26. The zero-order valence-corrected chi connectivity index (χ0v) is 17.5. The molecular formula is C23H24FN2S+. The SMILES string of the molecule is Cc1cc(C)c(C)c(-c2c3sc4c(C(C)C)c(F)ccc4c3nc[n+]2C)c1. The number of halogens is 1. The van der Waals surface area contributed by atoms with E-state index in [4.69, 9.17) is 4.98 Å². The Balaban J connectivity index is 2.17. The van der Waals surface area contributed by atoms with Gasteiger partial charge in [0.25, 0.3) is 6.33 Å². The lowest BCUT2D eigenvalue weighted by Gasteiger charge is -2.11. The average Bonchev–Trinajstić information content (AvgIpc) is 2.95. The van der Waals surface area contributed by atoms with Crippen LogP contribution in [0.2, 0.25) is 0 Å². The van der Waals surface area contributed by atoms with E-state index in [-0.39, 0.29) is 11.7 Å². The molecule has 0 fully saturated rings. The quantitative estimate of drug-likeness (QED) is 0.383. The summed E-state index contributed by atoms with van der Waals surface area (Å²) < 4.78 is 18.8. The first-order valence-corrected chi connectivity index (χ1v) is 10.1. The molecule has 0 amide bonds. The maximum Gasteiger partial charge on any atom is 0.287 e. The van der Waals surface area contributed by atoms with Crippen LogP contribution in [0.4, 0.5) is 4.39 Å². The van der Waals surface area contributed by atoms with Crippen molar-refractivity contribution in [2.75, 3.05) is 0 Å². The van der Waals surface area contributed by atoms with E-state index in [1.54, 1.807) is 17.4 Å². The molecule has 0 aliphatic rings. The van der Waals surface area contributed by atoms with Crippen LogP contribution in [-0.4, -0.2) is 4.98 Å². The average molecular weight is 380 g/mol. The van der Waals surface area contributed by atoms with Crippen LogP contribution in [0, 0.1) is 26.6 Å². The van der Waals surface area contributed by atoms with E-state index < -0.39 is 0 Å². The lowest BCUT2D eigenvalue weighted by molar-refractivity contribution is -0.662. The molecule has 0 saturated heterocycles. The summed E-state index contributed by atoms with van der Waals surface area (Å²) in [6, 6.07) is 7.92. The first-order chi connectivity index (χ1) is 12.8. The predicted octanol–water partition coefficient (Wildman–Crippen LogP) is 6.13. The molecule has 0 atom stereocenters. The molecule has 0 bridgehead atoms. The molecule has 4 rings (SSSR count). The van der Waals surface area contributed by atoms with E-state index >= 15 is 0 Å². The predicted molar refractivity (Wildman–Crippen MR) is 112 cm³/mol. The Hall–Kier alpha value is -2.33. The highest BCUT2D eigenvalue weighted by Crippen LogP contribution is 2.42. The second-order valence-corrected chi connectivity index (χ2v) is 8.75. The van der Waals surface area contributed by atoms with Gasteiger partial charge in [0, 0.05) is 21.2 Å². The largest absolute Gasteiger partial charge is 0.287 e. The van der Waals surface area contributed by atoms with Gasteiger partial charge in [0.1, 0.15) is 10.5 Å². The molecule has 0 radical (unpaired) electrons. The van der Waals surface area contributed by atoms with Gasteiger partial charge in [-0.2, -0.15) is 0 Å². The molecule has 2 aromatic carbocycles. The molecular weight excluding hydrogens is 355 g/mol. The van der Waals surface area contributed by atoms with Crippen LogP contribution in [-0.2, 0) is 7.05 Å². The molecule has 2 aromatic heterocycles. The summed E-state index contributed by atoms with van der Waals surface area (Å²) in [6.45, 7) is 10.5. The van der Waals surface area contributed by atoms with E-state index in [9.17, 15) is 4.39 Å². The summed E-state index contributed by atoms with van der Waals surface area (Å²) in [5, 5.41) is 1.05. The molecule has 138 valence electrons. The number of hydrogen-bond donors (Lipinski definition) is 0. The van der Waals surface area contributed by atoms with Crippen molar-refractivity contribution >= 4 is 31.6 Å². The zero-order chi connectivity index (χ0) is 19.5. The molecule has 4 aromatic rings. The minimum absolute atomic E-state index is 0.127. The van der Waals surface area contributed by atoms with Gasteiger partial charge in [-0.3, -0.25) is 0 Å². The van der Waals surface area contributed by atoms with Crippen molar-refractivity contribution in [3.05, 3.63) is 58.7 Å². The highest BCUT2D eigenvalue weighted by Gasteiger charge is 2.24. The number of benzene rings is 2. The van der Waals surface area contributed by atoms with Crippen LogP contribution < -0.4 is 4.57 Å². The highest BCUT2D eigenvalue weighted by atomic mass is 32.1. The van der Waals surface area contributed by atoms with Crippen molar-refractivity contribution in [3.8, 4) is 11.3 Å². The van der Waals surface area contributed by atoms with E-state index in [1.165, 1.54) is 22.3 Å². The molecule has 0 aliphatic heterocycles. The minimum atomic E-state index is -0.127. The maximum absolute atomic E-state index is 14.6. The topological polar surface area (TPSA) is 16.8 Å². The standard InChI is InChI=1S/C23H24FN2S/c1-12(2)19-18(24)8-7-16-20-23(27-22(16)19)21(26(6)11-25-20)17-10-13(3)9-14(4)15(17)5/h7-12H,1-6H3/q+1. The van der Waals surface area contributed by atoms with Crippen molar-refractivity contribution < 1.29 is 8.96 Å². The first-order valence-electron chi connectivity index (χ1n) is 9.27. The van der Waals surface area contributed by atoms with Gasteiger partial charge >= 0.3 is 0 Å². The summed E-state index contributed by atoms with van der Waals surface area (Å²) in [5.74, 6) is -0.000487. The van der Waals surface area contributed by atoms with Gasteiger partial charge in [0.15, 0.2) is 5.69 Å². The summed E-state index contributed by atoms with van der Waals surface area (Å²) >= 11 is 1.66. The monoisotopic (exact) mass is 379 g/mol. The van der Waals surface area contributed by atoms with Gasteiger partial charge in [0.2, 0.25) is 5.52 Å². The Labute approximate surface area is 163 Å². The van der Waals surface area contributed by atoms with E-state index in [0.29, 0.717) is 0 Å². The molecule has 2 nitrogen and oxygen atoms in total. The summed E-state index contributed by atoms with van der Waals surface area (Å²) in [5.41, 5.74) is 7.93. The fourth-order valence-corrected chi connectivity index (χ4v) is 5.46. The number of rotatable bonds is 2. The second kappa shape index (κ2) is 6.38. The summed E-state index contributed by atoms with van der Waals surface area (Å²) in [6.07, 6.45) is 1.87. The van der Waals surface area contributed by atoms with E-state index in [0.717, 1.165) is 31.6 Å². The Morgan fingerprint density at radius 3 is 2.52 bits per heavy atom. The number of thiophene rings is 1. The van der Waals surface area contributed by atoms with Crippen LogP contribution in [0.1, 0.15) is 42.0 Å². The van der Waals surface area contributed by atoms with Crippen molar-refractivity contribution in [3.63, 3.8) is 0 Å². The molecule has 27 heavy (non-hydrogen) atoms. The Morgan fingerprint density at radius 2 is 1.81 bits per heavy atom. The lowest BCUT2D eigenvalue weighted by atomic mass is 9.97. The molecule has 4 heteroatoms. The van der Waals surface area contributed by atoms with Gasteiger partial charge < -0.3 is 0 Å². The smallest absolute Gasteiger partial charge is 0.231 e. The van der Waals surface area contributed by atoms with Crippen LogP contribution in [0.3, 0.4) is 0 Å². The van der Waals surface area contributed by atoms with Crippen LogP contribution >= 0.6 is 11.3 Å². The van der Waals surface area contributed by atoms with Crippen molar-refractivity contribution in [2.24, 2.45) is 7.05 Å². The van der Waals surface area contributed by atoms with Crippen LogP contribution in [0.25, 0.3) is 31.6 Å². The number of fused-ring (bicyclic) bond motifs is 3. The summed E-state index contributed by atoms with van der Waals surface area (Å²) in [4.78, 5) is 4.71. The van der Waals surface area contributed by atoms with Crippen molar-refractivity contribution in [1.29, 1.82) is 0 Å². The van der Waals surface area contributed by atoms with Gasteiger partial charge in [-0.15, -0.1) is 11.3 Å². The number of aryl methyl sites for hydroxylation is 3. The Morgan fingerprint density at radius 1 is 1.07 bits per heavy atom. The van der Waals surface area contributed by atoms with E-state index in [2.05, 4.69) is 37.5 Å². The molecule has 0 N–H and O–H groups in total. The zero-order valence-electron chi connectivity index (χ0n) is 16.6. The second-order valence-electron chi connectivity index (χ2n) is 7.73. The van der Waals surface area contributed by atoms with Gasteiger partial charge in [-0.1, -0.05) is 25.5 Å². The number of hydrogen-bond acceptors (Lipinski definition) is 2. The third-order valence-corrected chi connectivity index (χ3v) is 6.62. The number of aromatic nitrogens is 2. The normalized spacial score (nSPS) is 11.9. The third-order valence-electron chi connectivity index (χ3n) is 5.39. The molecule has 0 unspecified atom stereocenters. The van der Waals surface area contributed by atoms with E-state index in [1.807, 2.05) is 33.3 Å². The lowest BCUT2D eigenvalue weighted by Crippen LogP contribution is -2.31. The first kappa shape index (κ1) is 18.1. The van der Waals surface area contributed by atoms with Gasteiger partial charge in [0.05, 0.1) is 7.05 Å². The minimum Gasteiger partial charge on any atom is -0.231 e. The third kappa shape index (κ3) is 2.74. The van der Waals surface area contributed by atoms with Crippen molar-refractivity contribution in [1.82, 2.24) is 4.98 Å². The molecule has 0 saturated carbocycles. The maximum atomic E-state index is 14.6. The van der Waals surface area contributed by atoms with Crippen LogP contribution in [0.15, 0.2) is 30.6 Å². The molecule has 0 aliphatic carbocycles. The van der Waals surface area contributed by atoms with Gasteiger partial charge in [-0.05, 0) is 61.0 Å². The fraction of sp³-hybridized carbons (Fsp3) is 0.304. The van der Waals surface area contributed by atoms with Crippen molar-refractivity contribution in [2.45, 2.75) is 40.5 Å².